The molecule has 5 heteroatoms. The maximum atomic E-state index is 11.0. The highest BCUT2D eigenvalue weighted by Gasteiger charge is 2.07. The molecule has 0 radical (unpaired) electrons. The molecule has 0 heterocycles. The highest BCUT2D eigenvalue weighted by atomic mass is 32.2. The fraction of sp³-hybridized carbons (Fsp3) is 0.125. The normalized spacial score (nSPS) is 11.2. The summed E-state index contributed by atoms with van der Waals surface area (Å²) >= 11 is 0. The topological polar surface area (TPSA) is 77.2 Å². The van der Waals surface area contributed by atoms with Crippen molar-refractivity contribution in [3.05, 3.63) is 29.8 Å². The second-order valence-corrected chi connectivity index (χ2v) is 4.68. The van der Waals surface area contributed by atoms with Gasteiger partial charge in [0.15, 0.2) is 9.84 Å². The van der Waals surface area contributed by atoms with Crippen molar-refractivity contribution < 1.29 is 13.2 Å². The average Bonchev–Trinajstić information content (AvgIpc) is 2.03. The van der Waals surface area contributed by atoms with Crippen LogP contribution in [0.5, 0.6) is 0 Å². The molecule has 0 aromatic heterocycles. The third kappa shape index (κ3) is 2.29. The third-order valence-electron chi connectivity index (χ3n) is 1.57. The van der Waals surface area contributed by atoms with Gasteiger partial charge >= 0.3 is 0 Å². The fourth-order valence-corrected chi connectivity index (χ4v) is 1.50. The molecule has 70 valence electrons. The quantitative estimate of drug-likeness (QED) is 0.738. The Hall–Kier alpha value is -1.36. The Morgan fingerprint density at radius 2 is 1.69 bits per heavy atom. The average molecular weight is 199 g/mol. The number of rotatable bonds is 2. The Balaban J connectivity index is 3.16. The molecule has 1 rings (SSSR count). The van der Waals surface area contributed by atoms with Gasteiger partial charge in [-0.25, -0.2) is 8.42 Å². The van der Waals surface area contributed by atoms with Crippen LogP contribution >= 0.6 is 0 Å². The minimum Gasteiger partial charge on any atom is -0.366 e. The molecule has 0 spiro atoms. The van der Waals surface area contributed by atoms with Crippen LogP contribution in [0.15, 0.2) is 29.2 Å². The first kappa shape index (κ1) is 9.73. The van der Waals surface area contributed by atoms with E-state index in [0.717, 1.165) is 6.26 Å². The van der Waals surface area contributed by atoms with Crippen LogP contribution in [0.4, 0.5) is 0 Å². The van der Waals surface area contributed by atoms with E-state index in [1.54, 1.807) is 0 Å². The van der Waals surface area contributed by atoms with Crippen LogP contribution in [-0.2, 0) is 9.84 Å². The molecule has 0 atom stereocenters. The van der Waals surface area contributed by atoms with Crippen LogP contribution < -0.4 is 5.73 Å². The van der Waals surface area contributed by atoms with E-state index in [-0.39, 0.29) is 4.90 Å². The molecule has 1 aromatic rings. The Kier molecular flexibility index (Phi) is 2.38. The van der Waals surface area contributed by atoms with E-state index in [1.807, 2.05) is 0 Å². The molecule has 0 saturated carbocycles. The van der Waals surface area contributed by atoms with Gasteiger partial charge in [-0.15, -0.1) is 0 Å². The van der Waals surface area contributed by atoms with Crippen LogP contribution in [0.25, 0.3) is 0 Å². The van der Waals surface area contributed by atoms with E-state index in [1.165, 1.54) is 24.3 Å². The van der Waals surface area contributed by atoms with Gasteiger partial charge in [0, 0.05) is 11.8 Å². The summed E-state index contributed by atoms with van der Waals surface area (Å²) in [5, 5.41) is 0. The number of hydrogen-bond donors (Lipinski definition) is 1. The zero-order valence-electron chi connectivity index (χ0n) is 7.02. The molecule has 13 heavy (non-hydrogen) atoms. The molecule has 2 N–H and O–H groups in total. The summed E-state index contributed by atoms with van der Waals surface area (Å²) in [6.45, 7) is 0. The van der Waals surface area contributed by atoms with E-state index in [2.05, 4.69) is 0 Å². The van der Waals surface area contributed by atoms with E-state index in [0.29, 0.717) is 5.56 Å². The lowest BCUT2D eigenvalue weighted by Gasteiger charge is -1.98. The van der Waals surface area contributed by atoms with Gasteiger partial charge in [-0.2, -0.15) is 0 Å². The second-order valence-electron chi connectivity index (χ2n) is 2.66. The predicted molar refractivity (Wildman–Crippen MR) is 48.1 cm³/mol. The van der Waals surface area contributed by atoms with Gasteiger partial charge < -0.3 is 5.73 Å². The summed E-state index contributed by atoms with van der Waals surface area (Å²) < 4.78 is 22.0. The molecule has 4 nitrogen and oxygen atoms in total. The molecule has 0 aliphatic rings. The van der Waals surface area contributed by atoms with E-state index >= 15 is 0 Å². The highest BCUT2D eigenvalue weighted by Crippen LogP contribution is 2.09. The van der Waals surface area contributed by atoms with Crippen molar-refractivity contribution in [2.24, 2.45) is 5.73 Å². The van der Waals surface area contributed by atoms with Crippen molar-refractivity contribution in [2.75, 3.05) is 6.26 Å². The minimum atomic E-state index is -3.20. The predicted octanol–water partition coefficient (Wildman–Crippen LogP) is 0.189. The number of carbonyl (C=O) groups excluding carboxylic acids is 1. The van der Waals surface area contributed by atoms with Crippen molar-refractivity contribution in [1.29, 1.82) is 0 Å². The standard InChI is InChI=1S/C8H9NO3S/c1-13(11,12)7-4-2-6(3-5-7)8(9)10/h2-5H,1H3,(H2,9,10). The van der Waals surface area contributed by atoms with Crippen molar-refractivity contribution in [1.82, 2.24) is 0 Å². The van der Waals surface area contributed by atoms with Crippen LogP contribution in [0.2, 0.25) is 0 Å². The summed E-state index contributed by atoms with van der Waals surface area (Å²) in [4.78, 5) is 10.8. The lowest BCUT2D eigenvalue weighted by atomic mass is 10.2. The number of hydrogen-bond acceptors (Lipinski definition) is 3. The van der Waals surface area contributed by atoms with Crippen molar-refractivity contribution in [3.63, 3.8) is 0 Å². The first-order valence-electron chi connectivity index (χ1n) is 3.51. The molecule has 0 aliphatic carbocycles. The first-order chi connectivity index (χ1) is 5.91. The summed E-state index contributed by atoms with van der Waals surface area (Å²) in [6.07, 6.45) is 1.10. The lowest BCUT2D eigenvalue weighted by Crippen LogP contribution is -2.10. The third-order valence-corrected chi connectivity index (χ3v) is 2.70. The zero-order valence-corrected chi connectivity index (χ0v) is 7.84. The highest BCUT2D eigenvalue weighted by molar-refractivity contribution is 7.90. The van der Waals surface area contributed by atoms with Crippen LogP contribution in [0.1, 0.15) is 10.4 Å². The zero-order chi connectivity index (χ0) is 10.1. The van der Waals surface area contributed by atoms with Gasteiger partial charge in [0.1, 0.15) is 0 Å². The summed E-state index contributed by atoms with van der Waals surface area (Å²) in [7, 11) is -3.20. The Labute approximate surface area is 76.3 Å². The fourth-order valence-electron chi connectivity index (χ4n) is 0.866. The number of amides is 1. The maximum absolute atomic E-state index is 11.0. The van der Waals surface area contributed by atoms with Crippen LogP contribution in [0.3, 0.4) is 0 Å². The minimum absolute atomic E-state index is 0.178. The number of benzene rings is 1. The molecular weight excluding hydrogens is 190 g/mol. The van der Waals surface area contributed by atoms with Crippen molar-refractivity contribution >= 4 is 15.7 Å². The monoisotopic (exact) mass is 199 g/mol. The van der Waals surface area contributed by atoms with Gasteiger partial charge in [0.05, 0.1) is 4.90 Å². The van der Waals surface area contributed by atoms with Crippen molar-refractivity contribution in [2.45, 2.75) is 4.90 Å². The van der Waals surface area contributed by atoms with Gasteiger partial charge in [0.2, 0.25) is 5.91 Å². The first-order valence-corrected chi connectivity index (χ1v) is 5.40. The molecule has 0 unspecified atom stereocenters. The van der Waals surface area contributed by atoms with Gasteiger partial charge in [-0.1, -0.05) is 0 Å². The smallest absolute Gasteiger partial charge is 0.248 e. The van der Waals surface area contributed by atoms with Gasteiger partial charge in [-0.3, -0.25) is 4.79 Å². The van der Waals surface area contributed by atoms with Gasteiger partial charge in [0.25, 0.3) is 0 Å². The Bertz CT molecular complexity index is 419. The second kappa shape index (κ2) is 3.18. The van der Waals surface area contributed by atoms with E-state index in [9.17, 15) is 13.2 Å². The van der Waals surface area contributed by atoms with Gasteiger partial charge in [-0.05, 0) is 24.3 Å². The summed E-state index contributed by atoms with van der Waals surface area (Å²) in [5.41, 5.74) is 5.28. The maximum Gasteiger partial charge on any atom is 0.248 e. The van der Waals surface area contributed by atoms with Crippen LogP contribution in [-0.4, -0.2) is 20.6 Å². The molecule has 0 saturated heterocycles. The molecule has 0 fully saturated rings. The SMILES string of the molecule is CS(=O)(=O)c1ccc(C(N)=O)cc1. The molecular formula is C8H9NO3S. The number of nitrogens with two attached hydrogens (primary N) is 1. The van der Waals surface area contributed by atoms with Crippen molar-refractivity contribution in [3.8, 4) is 0 Å². The number of primary amides is 1. The lowest BCUT2D eigenvalue weighted by molar-refractivity contribution is 0.1000. The molecule has 0 aliphatic heterocycles. The largest absolute Gasteiger partial charge is 0.366 e. The number of carbonyl (C=O) groups is 1. The molecule has 1 aromatic carbocycles. The summed E-state index contributed by atoms with van der Waals surface area (Å²) in [6, 6.07) is 5.49. The Morgan fingerprint density at radius 1 is 1.23 bits per heavy atom. The number of sulfone groups is 1. The molecule has 1 amide bonds. The summed E-state index contributed by atoms with van der Waals surface area (Å²) in [5.74, 6) is -0.569. The molecule has 0 bridgehead atoms. The van der Waals surface area contributed by atoms with E-state index in [4.69, 9.17) is 5.73 Å². The van der Waals surface area contributed by atoms with Crippen LogP contribution in [0, 0.1) is 0 Å². The van der Waals surface area contributed by atoms with E-state index < -0.39 is 15.7 Å². The Morgan fingerprint density at radius 3 is 2.00 bits per heavy atom.